The zero-order chi connectivity index (χ0) is 46.7. The van der Waals surface area contributed by atoms with E-state index in [0.29, 0.717) is 89.2 Å². The summed E-state index contributed by atoms with van der Waals surface area (Å²) in [6.07, 6.45) is 7.63. The molecular weight excluding hydrogens is 825 g/mol. The number of fused-ring (bicyclic) bond motifs is 2. The van der Waals surface area contributed by atoms with Gasteiger partial charge in [-0.1, -0.05) is 18.2 Å². The van der Waals surface area contributed by atoms with Crippen LogP contribution < -0.4 is 31.2 Å². The Bertz CT molecular complexity index is 2560. The van der Waals surface area contributed by atoms with Gasteiger partial charge in [-0.3, -0.25) is 29.2 Å². The second-order valence-electron chi connectivity index (χ2n) is 15.5. The number of likely N-dealkylation sites (N-methyl/N-ethyl adjacent to an activating group) is 1. The van der Waals surface area contributed by atoms with E-state index >= 15 is 0 Å². The lowest BCUT2D eigenvalue weighted by atomic mass is 10.1. The van der Waals surface area contributed by atoms with Crippen molar-refractivity contribution in [3.05, 3.63) is 77.2 Å². The van der Waals surface area contributed by atoms with Gasteiger partial charge in [0.2, 0.25) is 24.2 Å². The van der Waals surface area contributed by atoms with E-state index < -0.39 is 23.5 Å². The molecule has 64 heavy (non-hydrogen) atoms. The number of hydrogen-bond donors (Lipinski definition) is 4. The molecule has 3 aromatic heterocycles. The number of carbonyl (C=O) groups excluding carboxylic acids is 5. The van der Waals surface area contributed by atoms with E-state index in [0.717, 1.165) is 6.41 Å². The normalized spacial score (nSPS) is 11.6. The van der Waals surface area contributed by atoms with E-state index in [1.165, 1.54) is 25.1 Å². The van der Waals surface area contributed by atoms with Gasteiger partial charge < -0.3 is 49.5 Å². The summed E-state index contributed by atoms with van der Waals surface area (Å²) in [5, 5.41) is 13.1. The molecule has 5 amide bonds. The lowest BCUT2D eigenvalue weighted by molar-refractivity contribution is -0.117. The molecule has 0 aliphatic rings. The van der Waals surface area contributed by atoms with Gasteiger partial charge in [0.15, 0.2) is 0 Å². The van der Waals surface area contributed by atoms with E-state index in [1.54, 1.807) is 85.3 Å². The van der Waals surface area contributed by atoms with Crippen LogP contribution in [0.5, 0.6) is 11.5 Å². The van der Waals surface area contributed by atoms with Crippen molar-refractivity contribution in [1.29, 1.82) is 0 Å². The zero-order valence-electron chi connectivity index (χ0n) is 37.9. The smallest absolute Gasteiger partial charge is 0.410 e. The van der Waals surface area contributed by atoms with Crippen LogP contribution in [0.1, 0.15) is 71.5 Å². The summed E-state index contributed by atoms with van der Waals surface area (Å²) in [6, 6.07) is 8.10. The SMILES string of the molecule is CCN(CCN(C=O)C/C=C/COc1cc(C(=O)NC)cc2nc(NC)n(C/C=C/Cn3c(NC(=O)c4cc(C)nn4CC)nc4cc(C(N)=O)cc(OC)c43)c12)C(=O)OC(C)(C)C. The molecule has 0 atom stereocenters. The Hall–Kier alpha value is -7.38. The molecular formula is C44H58N12O8. The molecule has 20 heteroatoms. The van der Waals surface area contributed by atoms with Crippen molar-refractivity contribution < 1.29 is 38.2 Å². The number of allylic oxidation sites excluding steroid dienone is 2. The predicted molar refractivity (Wildman–Crippen MR) is 243 cm³/mol. The summed E-state index contributed by atoms with van der Waals surface area (Å²) in [5.74, 6) is 0.0536. The summed E-state index contributed by atoms with van der Waals surface area (Å²) < 4.78 is 22.7. The maximum absolute atomic E-state index is 13.6. The highest BCUT2D eigenvalue weighted by atomic mass is 16.6. The number of nitrogens with zero attached hydrogens (tertiary/aromatic N) is 8. The predicted octanol–water partition coefficient (Wildman–Crippen LogP) is 4.58. The summed E-state index contributed by atoms with van der Waals surface area (Å²) in [5.41, 5.74) is 8.63. The molecule has 20 nitrogen and oxygen atoms in total. The van der Waals surface area contributed by atoms with Gasteiger partial charge >= 0.3 is 6.09 Å². The molecule has 3 heterocycles. The lowest BCUT2D eigenvalue weighted by Crippen LogP contribution is -2.41. The van der Waals surface area contributed by atoms with Gasteiger partial charge in [0, 0.05) is 71.0 Å². The highest BCUT2D eigenvalue weighted by Crippen LogP contribution is 2.33. The summed E-state index contributed by atoms with van der Waals surface area (Å²) in [7, 11) is 4.75. The summed E-state index contributed by atoms with van der Waals surface area (Å²) in [6.45, 7) is 13.4. The van der Waals surface area contributed by atoms with Crippen molar-refractivity contribution in [2.75, 3.05) is 64.6 Å². The van der Waals surface area contributed by atoms with Crippen molar-refractivity contribution >= 4 is 64.2 Å². The molecule has 0 fully saturated rings. The van der Waals surface area contributed by atoms with Crippen molar-refractivity contribution in [1.82, 2.24) is 44.0 Å². The number of hydrogen-bond acceptors (Lipinski definition) is 12. The number of methoxy groups -OCH3 is 1. The number of aryl methyl sites for hydroxylation is 2. The number of aromatic nitrogens is 6. The van der Waals surface area contributed by atoms with Crippen molar-refractivity contribution in [3.63, 3.8) is 0 Å². The largest absolute Gasteiger partial charge is 0.494 e. The van der Waals surface area contributed by atoms with E-state index in [1.807, 2.05) is 30.6 Å². The fraction of sp³-hybridized carbons (Fsp3) is 0.409. The second kappa shape index (κ2) is 21.1. The fourth-order valence-electron chi connectivity index (χ4n) is 6.84. The number of primary amides is 1. The third kappa shape index (κ3) is 11.4. The summed E-state index contributed by atoms with van der Waals surface area (Å²) in [4.78, 5) is 75.6. The molecule has 5 rings (SSSR count). The first-order valence-electron chi connectivity index (χ1n) is 20.8. The third-order valence-electron chi connectivity index (χ3n) is 9.91. The fourth-order valence-corrected chi connectivity index (χ4v) is 6.84. The van der Waals surface area contributed by atoms with Crippen LogP contribution in [0.15, 0.2) is 54.6 Å². The van der Waals surface area contributed by atoms with E-state index in [9.17, 15) is 24.0 Å². The Morgan fingerprint density at radius 1 is 0.844 bits per heavy atom. The summed E-state index contributed by atoms with van der Waals surface area (Å²) >= 11 is 0. The van der Waals surface area contributed by atoms with Crippen molar-refractivity contribution in [2.24, 2.45) is 5.73 Å². The number of carbonyl (C=O) groups is 5. The molecule has 0 aliphatic carbocycles. The molecule has 0 saturated heterocycles. The third-order valence-corrected chi connectivity index (χ3v) is 9.91. The maximum atomic E-state index is 13.6. The van der Waals surface area contributed by atoms with Crippen LogP contribution in [0.4, 0.5) is 16.7 Å². The topological polar surface area (TPSA) is 235 Å². The Labute approximate surface area is 371 Å². The molecule has 0 unspecified atom stereocenters. The quantitative estimate of drug-likeness (QED) is 0.0586. The van der Waals surface area contributed by atoms with Crippen molar-refractivity contribution in [3.8, 4) is 11.5 Å². The second-order valence-corrected chi connectivity index (χ2v) is 15.5. The monoisotopic (exact) mass is 882 g/mol. The number of amides is 5. The maximum Gasteiger partial charge on any atom is 0.410 e. The number of imidazole rings is 2. The standard InChI is InChI=1S/C44H58N12O8/c1-10-53(43(61)64-44(4,5)6)20-19-52(27-57)16-14-15-21-63-35-26-30(39(59)46-7)24-32-37(35)54(41(47-8)48-32)17-12-13-18-55-36-31(23-29(38(45)58)25-34(36)62-9)49-42(55)50-40(60)33-22-28(3)51-56(33)11-2/h12-15,22-27H,10-11,16-21H2,1-9H3,(H2,45,58)(H,46,59)(H,47,48)(H,49,50,60)/b13-12+,15-14+. The molecule has 2 aromatic carbocycles. The first-order valence-corrected chi connectivity index (χ1v) is 20.8. The highest BCUT2D eigenvalue weighted by molar-refractivity contribution is 6.04. The Kier molecular flexibility index (Phi) is 15.7. The first kappa shape index (κ1) is 47.7. The Morgan fingerprint density at radius 2 is 1.48 bits per heavy atom. The number of nitrogens with one attached hydrogen (secondary N) is 3. The Balaban J connectivity index is 1.39. The minimum atomic E-state index is -0.658. The molecule has 5 aromatic rings. The first-order chi connectivity index (χ1) is 30.5. The van der Waals surface area contributed by atoms with Crippen LogP contribution in [-0.2, 0) is 29.2 Å². The van der Waals surface area contributed by atoms with Gasteiger partial charge in [0.1, 0.15) is 40.4 Å². The molecule has 5 N–H and O–H groups in total. The van der Waals surface area contributed by atoms with Gasteiger partial charge in [0.05, 0.1) is 23.8 Å². The van der Waals surface area contributed by atoms with Gasteiger partial charge in [-0.05, 0) is 78.0 Å². The number of anilines is 2. The minimum Gasteiger partial charge on any atom is -0.494 e. The number of rotatable bonds is 21. The average molecular weight is 883 g/mol. The number of nitrogens with two attached hydrogens (primary N) is 1. The molecule has 0 spiro atoms. The van der Waals surface area contributed by atoms with Crippen LogP contribution in [-0.4, -0.2) is 128 Å². The van der Waals surface area contributed by atoms with Gasteiger partial charge in [-0.15, -0.1) is 0 Å². The molecule has 0 saturated carbocycles. The van der Waals surface area contributed by atoms with E-state index in [2.05, 4.69) is 26.0 Å². The Morgan fingerprint density at radius 3 is 2.08 bits per heavy atom. The number of ether oxygens (including phenoxy) is 3. The van der Waals surface area contributed by atoms with Crippen molar-refractivity contribution in [2.45, 2.75) is 66.8 Å². The van der Waals surface area contributed by atoms with Crippen LogP contribution in [0, 0.1) is 6.92 Å². The van der Waals surface area contributed by atoms with Gasteiger partial charge in [-0.2, -0.15) is 5.10 Å². The molecule has 0 aliphatic heterocycles. The van der Waals surface area contributed by atoms with Crippen LogP contribution in [0.2, 0.25) is 0 Å². The lowest BCUT2D eigenvalue weighted by Gasteiger charge is -2.27. The van der Waals surface area contributed by atoms with Gasteiger partial charge in [-0.25, -0.2) is 14.8 Å². The van der Waals surface area contributed by atoms with Crippen LogP contribution in [0.3, 0.4) is 0 Å². The average Bonchev–Trinajstić information content (AvgIpc) is 3.94. The minimum absolute atomic E-state index is 0.105. The van der Waals surface area contributed by atoms with E-state index in [4.69, 9.17) is 24.9 Å². The molecule has 342 valence electrons. The highest BCUT2D eigenvalue weighted by Gasteiger charge is 2.23. The van der Waals surface area contributed by atoms with Crippen LogP contribution >= 0.6 is 0 Å². The van der Waals surface area contributed by atoms with E-state index in [-0.39, 0.29) is 37.1 Å². The van der Waals surface area contributed by atoms with Gasteiger partial charge in [0.25, 0.3) is 11.8 Å². The zero-order valence-corrected chi connectivity index (χ0v) is 37.9. The number of benzene rings is 2. The molecule has 0 radical (unpaired) electrons. The van der Waals surface area contributed by atoms with Crippen LogP contribution in [0.25, 0.3) is 22.1 Å². The molecule has 0 bridgehead atoms.